The molecule has 32 heavy (non-hydrogen) atoms. The molecule has 5 rings (SSSR count). The van der Waals surface area contributed by atoms with Crippen molar-refractivity contribution in [1.29, 1.82) is 0 Å². The molecule has 2 fully saturated rings. The maximum atomic E-state index is 10.6. The molecule has 0 spiro atoms. The number of aromatic nitrogens is 4. The van der Waals surface area contributed by atoms with E-state index >= 15 is 0 Å². The molecular weight excluding hydrogens is 404 g/mol. The minimum atomic E-state index is 0.139. The summed E-state index contributed by atoms with van der Waals surface area (Å²) in [6, 6.07) is 12.3. The van der Waals surface area contributed by atoms with E-state index in [4.69, 9.17) is 4.74 Å². The summed E-state index contributed by atoms with van der Waals surface area (Å²) >= 11 is 0. The Balaban J connectivity index is 1.27. The monoisotopic (exact) mass is 432 g/mol. The minimum absolute atomic E-state index is 0.139. The summed E-state index contributed by atoms with van der Waals surface area (Å²) in [6.45, 7) is 4.26. The molecule has 0 unspecified atom stereocenters. The molecule has 0 bridgehead atoms. The van der Waals surface area contributed by atoms with Gasteiger partial charge in [0.05, 0.1) is 19.0 Å². The molecule has 8 heteroatoms. The predicted molar refractivity (Wildman–Crippen MR) is 123 cm³/mol. The van der Waals surface area contributed by atoms with Crippen LogP contribution in [0, 0.1) is 5.92 Å². The number of phenols is 1. The van der Waals surface area contributed by atoms with Gasteiger partial charge in [0.15, 0.2) is 5.82 Å². The van der Waals surface area contributed by atoms with E-state index in [1.54, 1.807) is 25.4 Å². The van der Waals surface area contributed by atoms with Crippen LogP contribution in [0.2, 0.25) is 0 Å². The predicted octanol–water partition coefficient (Wildman–Crippen LogP) is 3.28. The lowest BCUT2D eigenvalue weighted by molar-refractivity contribution is 0.226. The Kier molecular flexibility index (Phi) is 5.61. The van der Waals surface area contributed by atoms with Crippen LogP contribution >= 0.6 is 0 Å². The Morgan fingerprint density at radius 2 is 1.91 bits per heavy atom. The first kappa shape index (κ1) is 20.6. The summed E-state index contributed by atoms with van der Waals surface area (Å²) in [5.41, 5.74) is 2.91. The van der Waals surface area contributed by atoms with Crippen LogP contribution in [0.1, 0.15) is 26.2 Å². The first-order chi connectivity index (χ1) is 15.6. The molecule has 8 nitrogen and oxygen atoms in total. The number of aromatic hydroxyl groups is 1. The number of nitrogens with zero attached hydrogens (tertiary/aromatic N) is 5. The molecule has 166 valence electrons. The molecule has 1 aliphatic heterocycles. The Labute approximate surface area is 187 Å². The van der Waals surface area contributed by atoms with E-state index in [0.29, 0.717) is 29.2 Å². The molecule has 1 saturated heterocycles. The van der Waals surface area contributed by atoms with Crippen LogP contribution in [0.5, 0.6) is 11.6 Å². The fourth-order valence-corrected chi connectivity index (χ4v) is 4.65. The van der Waals surface area contributed by atoms with Crippen molar-refractivity contribution < 1.29 is 9.84 Å². The summed E-state index contributed by atoms with van der Waals surface area (Å²) in [5, 5.41) is 31.1. The molecule has 3 heterocycles. The Morgan fingerprint density at radius 1 is 1.03 bits per heavy atom. The lowest BCUT2D eigenvalue weighted by Crippen LogP contribution is -2.46. The number of anilines is 1. The molecular formula is C24H28N6O2. The SMILES string of the molecule is COc1cc(-c2ccc(-c3ccc(N4CC[C@H](NC5CC(C)C5)C4)nn3)c(O)c2)cnn1. The zero-order valence-electron chi connectivity index (χ0n) is 18.4. The van der Waals surface area contributed by atoms with Crippen LogP contribution < -0.4 is 15.0 Å². The highest BCUT2D eigenvalue weighted by Crippen LogP contribution is 2.33. The molecule has 0 radical (unpaired) electrons. The van der Waals surface area contributed by atoms with Crippen molar-refractivity contribution in [3.05, 3.63) is 42.6 Å². The zero-order chi connectivity index (χ0) is 22.1. The van der Waals surface area contributed by atoms with Gasteiger partial charge in [0.1, 0.15) is 5.75 Å². The number of rotatable bonds is 6. The van der Waals surface area contributed by atoms with Crippen molar-refractivity contribution in [3.8, 4) is 34.0 Å². The van der Waals surface area contributed by atoms with Crippen molar-refractivity contribution in [3.63, 3.8) is 0 Å². The molecule has 2 N–H and O–H groups in total. The van der Waals surface area contributed by atoms with E-state index in [1.165, 1.54) is 12.8 Å². The van der Waals surface area contributed by atoms with Crippen LogP contribution in [0.4, 0.5) is 5.82 Å². The average molecular weight is 433 g/mol. The highest BCUT2D eigenvalue weighted by molar-refractivity contribution is 5.74. The van der Waals surface area contributed by atoms with E-state index < -0.39 is 0 Å². The van der Waals surface area contributed by atoms with Crippen molar-refractivity contribution in [1.82, 2.24) is 25.7 Å². The molecule has 2 aliphatic rings. The van der Waals surface area contributed by atoms with Gasteiger partial charge in [0, 0.05) is 42.4 Å². The second-order valence-corrected chi connectivity index (χ2v) is 8.87. The number of benzene rings is 1. The first-order valence-corrected chi connectivity index (χ1v) is 11.1. The molecule has 3 aromatic rings. The van der Waals surface area contributed by atoms with E-state index in [1.807, 2.05) is 24.3 Å². The first-order valence-electron chi connectivity index (χ1n) is 11.1. The second kappa shape index (κ2) is 8.70. The summed E-state index contributed by atoms with van der Waals surface area (Å²) in [4.78, 5) is 2.28. The van der Waals surface area contributed by atoms with Crippen LogP contribution in [-0.4, -0.2) is 57.8 Å². The third-order valence-electron chi connectivity index (χ3n) is 6.46. The number of nitrogens with one attached hydrogen (secondary N) is 1. The highest BCUT2D eigenvalue weighted by atomic mass is 16.5. The molecule has 1 aliphatic carbocycles. The number of hydrogen-bond donors (Lipinski definition) is 2. The Bertz CT molecular complexity index is 1080. The standard InChI is InChI=1S/C24H28N6O2/c1-15-9-19(10-15)26-18-7-8-30(14-18)23-6-5-21(27-28-23)20-4-3-16(11-22(20)31)17-12-24(32-2)29-25-13-17/h3-6,11-13,15,18-19,26,31H,7-10,14H2,1-2H3/t15?,18-,19?/m0/s1. The summed E-state index contributed by atoms with van der Waals surface area (Å²) < 4.78 is 5.13. The number of hydrogen-bond acceptors (Lipinski definition) is 8. The van der Waals surface area contributed by atoms with Gasteiger partial charge in [-0.1, -0.05) is 13.0 Å². The molecule has 1 saturated carbocycles. The molecule has 2 aromatic heterocycles. The van der Waals surface area contributed by atoms with Gasteiger partial charge in [-0.05, 0) is 55.0 Å². The van der Waals surface area contributed by atoms with Crippen LogP contribution in [-0.2, 0) is 0 Å². The Hall–Kier alpha value is -3.26. The lowest BCUT2D eigenvalue weighted by atomic mass is 9.81. The van der Waals surface area contributed by atoms with E-state index in [0.717, 1.165) is 42.4 Å². The smallest absolute Gasteiger partial charge is 0.233 e. The van der Waals surface area contributed by atoms with E-state index in [-0.39, 0.29) is 5.75 Å². The zero-order valence-corrected chi connectivity index (χ0v) is 18.4. The molecule has 1 aromatic carbocycles. The fraction of sp³-hybridized carbons (Fsp3) is 0.417. The van der Waals surface area contributed by atoms with Gasteiger partial charge in [-0.2, -0.15) is 5.10 Å². The third-order valence-corrected chi connectivity index (χ3v) is 6.46. The van der Waals surface area contributed by atoms with Gasteiger partial charge in [-0.3, -0.25) is 0 Å². The van der Waals surface area contributed by atoms with Crippen molar-refractivity contribution in [2.75, 3.05) is 25.1 Å². The average Bonchev–Trinajstić information content (AvgIpc) is 3.27. The van der Waals surface area contributed by atoms with Gasteiger partial charge in [0.2, 0.25) is 5.88 Å². The van der Waals surface area contributed by atoms with E-state index in [9.17, 15) is 5.11 Å². The lowest BCUT2D eigenvalue weighted by Gasteiger charge is -2.35. The van der Waals surface area contributed by atoms with Crippen LogP contribution in [0.15, 0.2) is 42.6 Å². The van der Waals surface area contributed by atoms with E-state index in [2.05, 4.69) is 37.5 Å². The number of phenolic OH excluding ortho intramolecular Hbond substituents is 1. The normalized spacial score (nSPS) is 22.6. The summed E-state index contributed by atoms with van der Waals surface area (Å²) in [5.74, 6) is 2.30. The quantitative estimate of drug-likeness (QED) is 0.613. The highest BCUT2D eigenvalue weighted by Gasteiger charge is 2.30. The third kappa shape index (κ3) is 4.23. The minimum Gasteiger partial charge on any atom is -0.507 e. The van der Waals surface area contributed by atoms with Crippen molar-refractivity contribution in [2.45, 2.75) is 38.3 Å². The summed E-state index contributed by atoms with van der Waals surface area (Å²) in [6.07, 6.45) is 5.34. The van der Waals surface area contributed by atoms with Crippen molar-refractivity contribution in [2.24, 2.45) is 5.92 Å². The van der Waals surface area contributed by atoms with Crippen LogP contribution in [0.25, 0.3) is 22.4 Å². The second-order valence-electron chi connectivity index (χ2n) is 8.87. The maximum Gasteiger partial charge on any atom is 0.233 e. The maximum absolute atomic E-state index is 10.6. The molecule has 1 atom stereocenters. The largest absolute Gasteiger partial charge is 0.507 e. The topological polar surface area (TPSA) is 96.3 Å². The van der Waals surface area contributed by atoms with Gasteiger partial charge in [0.25, 0.3) is 0 Å². The van der Waals surface area contributed by atoms with Crippen molar-refractivity contribution >= 4 is 5.82 Å². The van der Waals surface area contributed by atoms with Gasteiger partial charge in [-0.25, -0.2) is 0 Å². The van der Waals surface area contributed by atoms with Crippen LogP contribution in [0.3, 0.4) is 0 Å². The van der Waals surface area contributed by atoms with Gasteiger partial charge >= 0.3 is 0 Å². The number of ether oxygens (including phenoxy) is 1. The number of methoxy groups -OCH3 is 1. The molecule has 0 amide bonds. The fourth-order valence-electron chi connectivity index (χ4n) is 4.65. The Morgan fingerprint density at radius 3 is 2.62 bits per heavy atom. The van der Waals surface area contributed by atoms with Gasteiger partial charge < -0.3 is 20.1 Å². The summed E-state index contributed by atoms with van der Waals surface area (Å²) in [7, 11) is 1.55. The van der Waals surface area contributed by atoms with Gasteiger partial charge in [-0.15, -0.1) is 15.3 Å².